The number of benzene rings is 1. The molecule has 0 bridgehead atoms. The second-order valence-corrected chi connectivity index (χ2v) is 5.11. The van der Waals surface area contributed by atoms with E-state index in [0.717, 1.165) is 36.9 Å². The molecule has 1 fully saturated rings. The van der Waals surface area contributed by atoms with Crippen LogP contribution in [0.15, 0.2) is 24.3 Å². The quantitative estimate of drug-likeness (QED) is 0.870. The van der Waals surface area contributed by atoms with E-state index in [1.165, 1.54) is 12.8 Å². The van der Waals surface area contributed by atoms with Crippen LogP contribution in [-0.2, 0) is 0 Å². The molecule has 3 nitrogen and oxygen atoms in total. The lowest BCUT2D eigenvalue weighted by atomic mass is 10.1. The minimum absolute atomic E-state index is 0.421. The van der Waals surface area contributed by atoms with Gasteiger partial charge in [-0.15, -0.1) is 0 Å². The van der Waals surface area contributed by atoms with Gasteiger partial charge >= 0.3 is 0 Å². The fraction of sp³-hybridized carbons (Fsp3) is 0.600. The Morgan fingerprint density at radius 3 is 3.00 bits per heavy atom. The van der Waals surface area contributed by atoms with Crippen LogP contribution in [0.1, 0.15) is 31.4 Å². The zero-order valence-corrected chi connectivity index (χ0v) is 11.3. The van der Waals surface area contributed by atoms with Gasteiger partial charge in [-0.3, -0.25) is 0 Å². The van der Waals surface area contributed by atoms with Crippen LogP contribution in [-0.4, -0.2) is 36.8 Å². The van der Waals surface area contributed by atoms with Crippen LogP contribution >= 0.6 is 0 Å². The van der Waals surface area contributed by atoms with E-state index in [4.69, 9.17) is 4.74 Å². The summed E-state index contributed by atoms with van der Waals surface area (Å²) in [6, 6.07) is 7.70. The summed E-state index contributed by atoms with van der Waals surface area (Å²) in [6.45, 7) is 5.20. The predicted molar refractivity (Wildman–Crippen MR) is 72.8 cm³/mol. The maximum atomic E-state index is 10.3. The Labute approximate surface area is 109 Å². The molecule has 18 heavy (non-hydrogen) atoms. The monoisotopic (exact) mass is 249 g/mol. The van der Waals surface area contributed by atoms with Gasteiger partial charge in [-0.25, -0.2) is 0 Å². The summed E-state index contributed by atoms with van der Waals surface area (Å²) < 4.78 is 5.18. The number of hydrogen-bond donors (Lipinski definition) is 1. The number of aliphatic hydroxyl groups is 1. The van der Waals surface area contributed by atoms with E-state index >= 15 is 0 Å². The van der Waals surface area contributed by atoms with E-state index in [2.05, 4.69) is 11.8 Å². The van der Waals surface area contributed by atoms with Gasteiger partial charge in [-0.2, -0.15) is 0 Å². The van der Waals surface area contributed by atoms with Gasteiger partial charge in [0.25, 0.3) is 0 Å². The molecule has 2 atom stereocenters. The van der Waals surface area contributed by atoms with E-state index < -0.39 is 6.10 Å². The second-order valence-electron chi connectivity index (χ2n) is 5.11. The Bertz CT molecular complexity index is 381. The van der Waals surface area contributed by atoms with Crippen LogP contribution in [0, 0.1) is 5.92 Å². The average molecular weight is 249 g/mol. The molecule has 0 amide bonds. The Balaban J connectivity index is 1.93. The van der Waals surface area contributed by atoms with Crippen molar-refractivity contribution in [2.24, 2.45) is 5.92 Å². The van der Waals surface area contributed by atoms with Crippen molar-refractivity contribution in [3.63, 3.8) is 0 Å². The molecule has 0 radical (unpaired) electrons. The molecule has 1 N–H and O–H groups in total. The molecule has 1 aliphatic heterocycles. The Morgan fingerprint density at radius 2 is 2.33 bits per heavy atom. The highest BCUT2D eigenvalue weighted by Gasteiger charge is 2.23. The molecule has 1 saturated heterocycles. The zero-order valence-electron chi connectivity index (χ0n) is 11.3. The molecular formula is C15H23NO2. The maximum absolute atomic E-state index is 10.3. The summed E-state index contributed by atoms with van der Waals surface area (Å²) in [4.78, 5) is 2.36. The normalized spacial score (nSPS) is 22.1. The number of rotatable bonds is 5. The lowest BCUT2D eigenvalue weighted by molar-refractivity contribution is 0.124. The molecular weight excluding hydrogens is 226 g/mol. The minimum Gasteiger partial charge on any atom is -0.497 e. The van der Waals surface area contributed by atoms with Gasteiger partial charge in [-0.05, 0) is 36.6 Å². The van der Waals surface area contributed by atoms with Crippen LogP contribution in [0.4, 0.5) is 0 Å². The van der Waals surface area contributed by atoms with Gasteiger partial charge in [0.2, 0.25) is 0 Å². The van der Waals surface area contributed by atoms with Crippen molar-refractivity contribution in [2.75, 3.05) is 26.7 Å². The van der Waals surface area contributed by atoms with E-state index in [-0.39, 0.29) is 0 Å². The Morgan fingerprint density at radius 1 is 1.50 bits per heavy atom. The third-order valence-electron chi connectivity index (χ3n) is 3.86. The van der Waals surface area contributed by atoms with Gasteiger partial charge < -0.3 is 14.7 Å². The molecule has 0 saturated carbocycles. The van der Waals surface area contributed by atoms with Gasteiger partial charge in [0, 0.05) is 13.1 Å². The van der Waals surface area contributed by atoms with Crippen LogP contribution in [0.3, 0.4) is 0 Å². The highest BCUT2D eigenvalue weighted by Crippen LogP contribution is 2.24. The minimum atomic E-state index is -0.421. The van der Waals surface area contributed by atoms with Gasteiger partial charge in [0.05, 0.1) is 13.2 Å². The van der Waals surface area contributed by atoms with Crippen molar-refractivity contribution >= 4 is 0 Å². The van der Waals surface area contributed by atoms with E-state index in [1.54, 1.807) is 7.11 Å². The first-order chi connectivity index (χ1) is 8.72. The smallest absolute Gasteiger partial charge is 0.119 e. The number of likely N-dealkylation sites (tertiary alicyclic amines) is 1. The largest absolute Gasteiger partial charge is 0.497 e. The van der Waals surface area contributed by atoms with Crippen molar-refractivity contribution in [1.82, 2.24) is 4.90 Å². The molecule has 100 valence electrons. The van der Waals surface area contributed by atoms with E-state index in [1.807, 2.05) is 24.3 Å². The molecule has 1 aliphatic rings. The third kappa shape index (κ3) is 3.24. The van der Waals surface area contributed by atoms with Crippen molar-refractivity contribution in [2.45, 2.75) is 25.9 Å². The van der Waals surface area contributed by atoms with E-state index in [9.17, 15) is 5.11 Å². The first-order valence-corrected chi connectivity index (χ1v) is 6.77. The fourth-order valence-corrected chi connectivity index (χ4v) is 2.61. The topological polar surface area (TPSA) is 32.7 Å². The standard InChI is InChI=1S/C15H23NO2/c1-3-12-7-8-16(10-12)11-15(17)13-5-4-6-14(9-13)18-2/h4-6,9,12,15,17H,3,7-8,10-11H2,1-2H3. The van der Waals surface area contributed by atoms with Gasteiger partial charge in [-0.1, -0.05) is 25.5 Å². The summed E-state index contributed by atoms with van der Waals surface area (Å²) in [6.07, 6.45) is 2.09. The van der Waals surface area contributed by atoms with Gasteiger partial charge in [0.1, 0.15) is 5.75 Å². The molecule has 3 heteroatoms. The van der Waals surface area contributed by atoms with Crippen LogP contribution < -0.4 is 4.74 Å². The summed E-state index contributed by atoms with van der Waals surface area (Å²) in [7, 11) is 1.65. The molecule has 1 aromatic rings. The molecule has 2 rings (SSSR count). The first kappa shape index (κ1) is 13.4. The number of ether oxygens (including phenoxy) is 1. The van der Waals surface area contributed by atoms with Crippen molar-refractivity contribution in [1.29, 1.82) is 0 Å². The molecule has 2 unspecified atom stereocenters. The maximum Gasteiger partial charge on any atom is 0.119 e. The van der Waals surface area contributed by atoms with Crippen molar-refractivity contribution in [3.8, 4) is 5.75 Å². The average Bonchev–Trinajstić information content (AvgIpc) is 2.86. The summed E-state index contributed by atoms with van der Waals surface area (Å²) in [5.41, 5.74) is 0.939. The number of hydrogen-bond acceptors (Lipinski definition) is 3. The first-order valence-electron chi connectivity index (χ1n) is 6.77. The summed E-state index contributed by atoms with van der Waals surface area (Å²) >= 11 is 0. The summed E-state index contributed by atoms with van der Waals surface area (Å²) in [5.74, 6) is 1.61. The predicted octanol–water partition coefficient (Wildman–Crippen LogP) is 2.46. The lowest BCUT2D eigenvalue weighted by Gasteiger charge is -2.20. The fourth-order valence-electron chi connectivity index (χ4n) is 2.61. The van der Waals surface area contributed by atoms with Crippen molar-refractivity contribution in [3.05, 3.63) is 29.8 Å². The number of nitrogens with zero attached hydrogens (tertiary/aromatic N) is 1. The number of aliphatic hydroxyl groups excluding tert-OH is 1. The lowest BCUT2D eigenvalue weighted by Crippen LogP contribution is -2.26. The van der Waals surface area contributed by atoms with Crippen molar-refractivity contribution < 1.29 is 9.84 Å². The van der Waals surface area contributed by atoms with Crippen LogP contribution in [0.2, 0.25) is 0 Å². The Kier molecular flexibility index (Phi) is 4.61. The van der Waals surface area contributed by atoms with Crippen LogP contribution in [0.25, 0.3) is 0 Å². The number of methoxy groups -OCH3 is 1. The summed E-state index contributed by atoms with van der Waals surface area (Å²) in [5, 5.41) is 10.3. The molecule has 1 heterocycles. The SMILES string of the molecule is CCC1CCN(CC(O)c2cccc(OC)c2)C1. The van der Waals surface area contributed by atoms with Crippen LogP contribution in [0.5, 0.6) is 5.75 Å². The zero-order chi connectivity index (χ0) is 13.0. The molecule has 0 aliphatic carbocycles. The van der Waals surface area contributed by atoms with Gasteiger partial charge in [0.15, 0.2) is 0 Å². The third-order valence-corrected chi connectivity index (χ3v) is 3.86. The Hall–Kier alpha value is -1.06. The molecule has 0 aromatic heterocycles. The van der Waals surface area contributed by atoms with E-state index in [0.29, 0.717) is 0 Å². The highest BCUT2D eigenvalue weighted by atomic mass is 16.5. The number of β-amino-alcohol motifs (C(OH)–C–C–N with tert-alkyl or cyclic N) is 1. The highest BCUT2D eigenvalue weighted by molar-refractivity contribution is 5.29. The molecule has 1 aromatic carbocycles. The molecule has 0 spiro atoms. The second kappa shape index (κ2) is 6.21.